The number of allylic oxidation sites excluding steroid dienone is 1. The molecule has 0 saturated carbocycles. The Balaban J connectivity index is 2.10. The van der Waals surface area contributed by atoms with Crippen LogP contribution in [0.25, 0.3) is 0 Å². The summed E-state index contributed by atoms with van der Waals surface area (Å²) in [7, 11) is 2.81. The maximum atomic E-state index is 12.6. The highest BCUT2D eigenvalue weighted by atomic mass is 16.5. The molecule has 1 atom stereocenters. The maximum absolute atomic E-state index is 12.6. The van der Waals surface area contributed by atoms with Crippen LogP contribution in [0.3, 0.4) is 0 Å². The van der Waals surface area contributed by atoms with Gasteiger partial charge in [0.1, 0.15) is 12.4 Å². The third-order valence-corrected chi connectivity index (χ3v) is 4.31. The fourth-order valence-electron chi connectivity index (χ4n) is 3.07. The molecule has 3 N–H and O–H groups in total. The number of hydrogen-bond acceptors (Lipinski definition) is 8. The number of rotatable bonds is 7. The number of nitrogens with one attached hydrogen (secondary N) is 1. The minimum absolute atomic E-state index is 0.274. The average Bonchev–Trinajstić information content (AvgIpc) is 3.18. The molecule has 1 aromatic heterocycles. The first kappa shape index (κ1) is 19.2. The Morgan fingerprint density at radius 1 is 1.29 bits per heavy atom. The van der Waals surface area contributed by atoms with Crippen molar-refractivity contribution in [2.45, 2.75) is 19.4 Å². The molecule has 1 aliphatic heterocycles. The van der Waals surface area contributed by atoms with Gasteiger partial charge in [-0.1, -0.05) is 13.0 Å². The number of fused-ring (bicyclic) bond motifs is 1. The van der Waals surface area contributed by atoms with Gasteiger partial charge in [0.25, 0.3) is 5.91 Å². The largest absolute Gasteiger partial charge is 0.493 e. The highest BCUT2D eigenvalue weighted by molar-refractivity contribution is 5.92. The first-order valence-electron chi connectivity index (χ1n) is 8.57. The van der Waals surface area contributed by atoms with Crippen molar-refractivity contribution in [1.29, 1.82) is 0 Å². The zero-order valence-electron chi connectivity index (χ0n) is 15.8. The molecule has 0 spiro atoms. The van der Waals surface area contributed by atoms with E-state index < -0.39 is 17.9 Å². The van der Waals surface area contributed by atoms with Crippen LogP contribution in [-0.4, -0.2) is 47.5 Å². The zero-order valence-corrected chi connectivity index (χ0v) is 15.8. The normalized spacial score (nSPS) is 15.5. The van der Waals surface area contributed by atoms with Crippen molar-refractivity contribution in [3.8, 4) is 11.5 Å². The number of primary amides is 1. The molecule has 0 radical (unpaired) electrons. The molecule has 1 aliphatic rings. The summed E-state index contributed by atoms with van der Waals surface area (Å²) in [6.45, 7) is 1.65. The second kappa shape index (κ2) is 7.99. The van der Waals surface area contributed by atoms with Gasteiger partial charge < -0.3 is 25.3 Å². The van der Waals surface area contributed by atoms with Crippen LogP contribution in [0.4, 0.5) is 5.95 Å². The number of benzene rings is 1. The van der Waals surface area contributed by atoms with Crippen LogP contribution < -0.4 is 20.5 Å². The van der Waals surface area contributed by atoms with E-state index in [-0.39, 0.29) is 6.61 Å². The van der Waals surface area contributed by atoms with Gasteiger partial charge in [0.05, 0.1) is 19.8 Å². The Bertz CT molecular complexity index is 936. The zero-order chi connectivity index (χ0) is 20.3. The van der Waals surface area contributed by atoms with Crippen molar-refractivity contribution in [3.05, 3.63) is 41.4 Å². The number of aromatic nitrogens is 3. The van der Waals surface area contributed by atoms with Crippen LogP contribution in [0.5, 0.6) is 11.5 Å². The molecular weight excluding hydrogens is 366 g/mol. The standard InChI is InChI=1S/C18H21N5O5/c1-4-11-15(17(25)27-3)16(23-18(22-11)20-9-21-23)10-5-6-12(13(7-10)26-2)28-8-14(19)24/h5-7,9,16H,4,8H2,1-3H3,(H2,19,24)(H,20,21,22). The van der Waals surface area contributed by atoms with Crippen molar-refractivity contribution in [2.75, 3.05) is 26.1 Å². The van der Waals surface area contributed by atoms with E-state index in [2.05, 4.69) is 15.4 Å². The third kappa shape index (κ3) is 3.48. The molecule has 148 valence electrons. The fourth-order valence-corrected chi connectivity index (χ4v) is 3.07. The van der Waals surface area contributed by atoms with E-state index >= 15 is 0 Å². The van der Waals surface area contributed by atoms with Crippen LogP contribution in [0, 0.1) is 0 Å². The van der Waals surface area contributed by atoms with Gasteiger partial charge in [0.15, 0.2) is 18.1 Å². The van der Waals surface area contributed by atoms with E-state index in [0.717, 1.165) is 0 Å². The number of amides is 1. The summed E-state index contributed by atoms with van der Waals surface area (Å²) < 4.78 is 17.4. The molecule has 0 aliphatic carbocycles. The van der Waals surface area contributed by atoms with Crippen molar-refractivity contribution in [3.63, 3.8) is 0 Å². The molecule has 0 fully saturated rings. The van der Waals surface area contributed by atoms with E-state index in [4.69, 9.17) is 19.9 Å². The van der Waals surface area contributed by atoms with Crippen molar-refractivity contribution >= 4 is 17.8 Å². The monoisotopic (exact) mass is 387 g/mol. The number of nitrogens with zero attached hydrogens (tertiary/aromatic N) is 3. The summed E-state index contributed by atoms with van der Waals surface area (Å²) in [5.41, 5.74) is 6.97. The molecule has 10 heteroatoms. The lowest BCUT2D eigenvalue weighted by Gasteiger charge is -2.29. The molecular formula is C18H21N5O5. The molecule has 2 aromatic rings. The second-order valence-corrected chi connectivity index (χ2v) is 5.96. The first-order valence-corrected chi connectivity index (χ1v) is 8.57. The number of carbonyl (C=O) groups excluding carboxylic acids is 2. The lowest BCUT2D eigenvalue weighted by Crippen LogP contribution is -2.30. The quantitative estimate of drug-likeness (QED) is 0.673. The van der Waals surface area contributed by atoms with Crippen LogP contribution >= 0.6 is 0 Å². The summed E-state index contributed by atoms with van der Waals surface area (Å²) in [6, 6.07) is 4.56. The van der Waals surface area contributed by atoms with Gasteiger partial charge in [0.2, 0.25) is 5.95 Å². The lowest BCUT2D eigenvalue weighted by molar-refractivity contribution is -0.136. The number of ether oxygens (including phenoxy) is 3. The molecule has 0 saturated heterocycles. The fraction of sp³-hybridized carbons (Fsp3) is 0.333. The number of hydrogen-bond donors (Lipinski definition) is 2. The van der Waals surface area contributed by atoms with E-state index in [9.17, 15) is 9.59 Å². The molecule has 2 heterocycles. The van der Waals surface area contributed by atoms with Crippen LogP contribution in [0.2, 0.25) is 0 Å². The predicted molar refractivity (Wildman–Crippen MR) is 98.8 cm³/mol. The van der Waals surface area contributed by atoms with Crippen LogP contribution in [0.15, 0.2) is 35.8 Å². The Morgan fingerprint density at radius 3 is 2.71 bits per heavy atom. The van der Waals surface area contributed by atoms with Gasteiger partial charge in [-0.3, -0.25) is 4.79 Å². The number of nitrogens with two attached hydrogens (primary N) is 1. The molecule has 0 bridgehead atoms. The molecule has 1 amide bonds. The summed E-state index contributed by atoms with van der Waals surface area (Å²) >= 11 is 0. The SMILES string of the molecule is CCC1=C(C(=O)OC)C(c2ccc(OCC(N)=O)c(OC)c2)n2ncnc2N1. The van der Waals surface area contributed by atoms with E-state index in [0.29, 0.717) is 40.7 Å². The van der Waals surface area contributed by atoms with Gasteiger partial charge in [-0.2, -0.15) is 10.1 Å². The van der Waals surface area contributed by atoms with Gasteiger partial charge in [0, 0.05) is 5.70 Å². The average molecular weight is 387 g/mol. The Morgan fingerprint density at radius 2 is 2.07 bits per heavy atom. The van der Waals surface area contributed by atoms with Crippen molar-refractivity contribution in [1.82, 2.24) is 14.8 Å². The highest BCUT2D eigenvalue weighted by Gasteiger charge is 2.35. The smallest absolute Gasteiger partial charge is 0.338 e. The van der Waals surface area contributed by atoms with E-state index in [1.807, 2.05) is 6.92 Å². The highest BCUT2D eigenvalue weighted by Crippen LogP contribution is 2.39. The van der Waals surface area contributed by atoms with Gasteiger partial charge in [-0.25, -0.2) is 9.48 Å². The maximum Gasteiger partial charge on any atom is 0.338 e. The van der Waals surface area contributed by atoms with Crippen molar-refractivity contribution in [2.24, 2.45) is 5.73 Å². The minimum atomic E-state index is -0.597. The molecule has 1 aromatic carbocycles. The van der Waals surface area contributed by atoms with E-state index in [1.54, 1.807) is 22.9 Å². The first-order chi connectivity index (χ1) is 13.5. The number of methoxy groups -OCH3 is 2. The predicted octanol–water partition coefficient (Wildman–Crippen LogP) is 1.00. The summed E-state index contributed by atoms with van der Waals surface area (Å²) in [5, 5.41) is 7.38. The van der Waals surface area contributed by atoms with Crippen molar-refractivity contribution < 1.29 is 23.8 Å². The number of carbonyl (C=O) groups is 2. The molecule has 28 heavy (non-hydrogen) atoms. The van der Waals surface area contributed by atoms with Crippen LogP contribution in [0.1, 0.15) is 24.9 Å². The number of anilines is 1. The lowest BCUT2D eigenvalue weighted by atomic mass is 9.94. The Labute approximate surface area is 161 Å². The summed E-state index contributed by atoms with van der Waals surface area (Å²) in [6.07, 6.45) is 1.98. The van der Waals surface area contributed by atoms with E-state index in [1.165, 1.54) is 20.5 Å². The molecule has 1 unspecified atom stereocenters. The number of esters is 1. The summed E-state index contributed by atoms with van der Waals surface area (Å²) in [5.74, 6) is 0.199. The Kier molecular flexibility index (Phi) is 5.48. The Hall–Kier alpha value is -3.56. The molecule has 10 nitrogen and oxygen atoms in total. The minimum Gasteiger partial charge on any atom is -0.493 e. The topological polar surface area (TPSA) is 131 Å². The second-order valence-electron chi connectivity index (χ2n) is 5.96. The van der Waals surface area contributed by atoms with Gasteiger partial charge >= 0.3 is 5.97 Å². The third-order valence-electron chi connectivity index (χ3n) is 4.31. The summed E-state index contributed by atoms with van der Waals surface area (Å²) in [4.78, 5) is 27.8. The van der Waals surface area contributed by atoms with Crippen LogP contribution in [-0.2, 0) is 14.3 Å². The molecule has 3 rings (SSSR count). The van der Waals surface area contributed by atoms with Gasteiger partial charge in [-0.15, -0.1) is 0 Å². The van der Waals surface area contributed by atoms with Gasteiger partial charge in [-0.05, 0) is 24.1 Å².